The molecule has 0 aliphatic carbocycles. The average molecular weight is 1120 g/mol. The van der Waals surface area contributed by atoms with Crippen molar-refractivity contribution in [3.8, 4) is 84.9 Å². The van der Waals surface area contributed by atoms with Crippen LogP contribution in [0.4, 0.5) is 34.1 Å². The maximum Gasteiger partial charge on any atom is 0.252 e. The maximum atomic E-state index is 5.64. The van der Waals surface area contributed by atoms with Gasteiger partial charge in [-0.15, -0.1) is 0 Å². The van der Waals surface area contributed by atoms with Gasteiger partial charge in [-0.1, -0.05) is 224 Å². The Morgan fingerprint density at radius 1 is 0.250 bits per heavy atom. The Kier molecular flexibility index (Phi) is 12.1. The molecule has 2 aliphatic heterocycles. The van der Waals surface area contributed by atoms with E-state index < -0.39 is 0 Å². The number of benzene rings is 12. The first-order valence-corrected chi connectivity index (χ1v) is 29.8. The van der Waals surface area contributed by atoms with Gasteiger partial charge in [0.15, 0.2) is 23.3 Å². The lowest BCUT2D eigenvalue weighted by Crippen LogP contribution is -2.61. The highest BCUT2D eigenvalue weighted by atomic mass is 15.2. The fourth-order valence-electron chi connectivity index (χ4n) is 13.3. The smallest absolute Gasteiger partial charge is 0.252 e. The highest BCUT2D eigenvalue weighted by Gasteiger charge is 2.43. The molecule has 0 radical (unpaired) electrons. The minimum atomic E-state index is 0.0175. The fraction of sp³-hybridized carbons (Fsp3) is 0. The zero-order valence-electron chi connectivity index (χ0n) is 47.6. The van der Waals surface area contributed by atoms with Crippen LogP contribution in [0, 0.1) is 0 Å². The van der Waals surface area contributed by atoms with Gasteiger partial charge in [-0.2, -0.15) is 0 Å². The van der Waals surface area contributed by atoms with Crippen molar-refractivity contribution < 1.29 is 0 Å². The summed E-state index contributed by atoms with van der Waals surface area (Å²) in [4.78, 5) is 31.5. The Hall–Kier alpha value is -11.8. The number of anilines is 6. The van der Waals surface area contributed by atoms with Crippen molar-refractivity contribution in [1.29, 1.82) is 0 Å². The van der Waals surface area contributed by atoms with Crippen molar-refractivity contribution >= 4 is 79.0 Å². The predicted molar refractivity (Wildman–Crippen MR) is 362 cm³/mol. The van der Waals surface area contributed by atoms with E-state index in [1.165, 1.54) is 27.8 Å². The quantitative estimate of drug-likeness (QED) is 0.126. The van der Waals surface area contributed by atoms with Gasteiger partial charge in [0.25, 0.3) is 6.71 Å². The van der Waals surface area contributed by atoms with Crippen LogP contribution in [-0.4, -0.2) is 36.2 Å². The van der Waals surface area contributed by atoms with Crippen LogP contribution in [0.15, 0.2) is 309 Å². The second-order valence-corrected chi connectivity index (χ2v) is 22.4. The highest BCUT2D eigenvalue weighted by Crippen LogP contribution is 2.47. The second-order valence-electron chi connectivity index (χ2n) is 22.4. The minimum Gasteiger partial charge on any atom is -0.311 e. The molecule has 0 spiro atoms. The summed E-state index contributed by atoms with van der Waals surface area (Å²) in [5.41, 5.74) is 22.9. The molecule has 0 saturated carbocycles. The van der Waals surface area contributed by atoms with Crippen LogP contribution in [0.5, 0.6) is 0 Å². The van der Waals surface area contributed by atoms with E-state index in [4.69, 9.17) is 24.9 Å². The number of hydrogen-bond donors (Lipinski definition) is 0. The molecule has 0 atom stereocenters. The summed E-state index contributed by atoms with van der Waals surface area (Å²) >= 11 is 0. The number of para-hydroxylation sites is 6. The van der Waals surface area contributed by atoms with Gasteiger partial charge < -0.3 is 14.4 Å². The number of fused-ring (bicyclic) bond motifs is 7. The molecular formula is C79H51BN8. The SMILES string of the molecule is c1ccc(-c2cc(-c3cc(-c4nc(-c5ccccc5)nc(-c5ccccc5)n4)ccc3-n3c4ccccc4c4ccccc43)nc(-c3ccc(-c4cc5c6c(c4)N(c4ccccc4)c4ccccc4B6c4ccccc4N5c4ccccc4)cc3)n2)cc1. The van der Waals surface area contributed by atoms with E-state index in [1.54, 1.807) is 0 Å². The average Bonchev–Trinajstić information content (AvgIpc) is 1.58. The summed E-state index contributed by atoms with van der Waals surface area (Å²) in [7, 11) is 0. The second kappa shape index (κ2) is 21.1. The zero-order chi connectivity index (χ0) is 58.1. The topological polar surface area (TPSA) is 75.9 Å². The van der Waals surface area contributed by atoms with E-state index in [0.717, 1.165) is 106 Å². The Bertz CT molecular complexity index is 4930. The molecule has 15 aromatic rings. The number of rotatable bonds is 10. The third-order valence-corrected chi connectivity index (χ3v) is 17.2. The molecule has 2 aliphatic rings. The molecule has 0 bridgehead atoms. The normalized spacial score (nSPS) is 12.2. The number of nitrogens with zero attached hydrogens (tertiary/aromatic N) is 8. The molecular weight excluding hydrogens is 1070 g/mol. The van der Waals surface area contributed by atoms with Gasteiger partial charge >= 0.3 is 0 Å². The molecule has 3 aromatic heterocycles. The van der Waals surface area contributed by atoms with Crippen molar-refractivity contribution in [3.63, 3.8) is 0 Å². The van der Waals surface area contributed by atoms with Crippen LogP contribution in [-0.2, 0) is 0 Å². The van der Waals surface area contributed by atoms with E-state index in [9.17, 15) is 0 Å². The van der Waals surface area contributed by atoms with Gasteiger partial charge in [-0.3, -0.25) is 0 Å². The molecule has 0 N–H and O–H groups in total. The zero-order valence-corrected chi connectivity index (χ0v) is 47.6. The van der Waals surface area contributed by atoms with Crippen LogP contribution in [0.1, 0.15) is 0 Å². The lowest BCUT2D eigenvalue weighted by Gasteiger charge is -2.44. The number of hydrogen-bond acceptors (Lipinski definition) is 7. The molecule has 12 aromatic carbocycles. The van der Waals surface area contributed by atoms with E-state index in [2.05, 4.69) is 257 Å². The van der Waals surface area contributed by atoms with Gasteiger partial charge in [-0.05, 0) is 112 Å². The van der Waals surface area contributed by atoms with Gasteiger partial charge in [0.05, 0.1) is 28.1 Å². The van der Waals surface area contributed by atoms with Crippen LogP contribution >= 0.6 is 0 Å². The molecule has 88 heavy (non-hydrogen) atoms. The summed E-state index contributed by atoms with van der Waals surface area (Å²) in [5, 5.41) is 2.33. The molecule has 8 nitrogen and oxygen atoms in total. The van der Waals surface area contributed by atoms with Crippen molar-refractivity contribution in [2.24, 2.45) is 0 Å². The maximum absolute atomic E-state index is 5.64. The predicted octanol–water partition coefficient (Wildman–Crippen LogP) is 17.5. The summed E-state index contributed by atoms with van der Waals surface area (Å²) in [5.74, 6) is 2.33. The van der Waals surface area contributed by atoms with Gasteiger partial charge in [0.2, 0.25) is 0 Å². The lowest BCUT2D eigenvalue weighted by molar-refractivity contribution is 1.07. The largest absolute Gasteiger partial charge is 0.311 e. The first-order chi connectivity index (χ1) is 43.6. The summed E-state index contributed by atoms with van der Waals surface area (Å²) in [6, 6.07) is 110. The van der Waals surface area contributed by atoms with Crippen molar-refractivity contribution in [1.82, 2.24) is 29.5 Å². The third-order valence-electron chi connectivity index (χ3n) is 17.2. The van der Waals surface area contributed by atoms with Crippen molar-refractivity contribution in [3.05, 3.63) is 309 Å². The lowest BCUT2D eigenvalue weighted by atomic mass is 9.33. The molecule has 0 amide bonds. The standard InChI is InChI=1S/C79H51BN8/c1-6-24-53(25-7-1)66-51-67(63-48-57(46-47-70(63)88-68-38-20-16-34-61(68)62-35-17-21-39-69(62)88)79-84-77(54-26-8-2-9-27-54)83-78(85-79)55-28-10-3-11-29-55)82-76(81-66)56-44-42-52(43-45-56)58-49-73-75-74(50-58)87(60-32-14-5-15-33-60)72-41-23-19-37-65(72)80(75)64-36-18-22-40-71(64)86(73)59-30-12-4-13-31-59/h1-51H. The molecule has 0 fully saturated rings. The molecule has 0 saturated heterocycles. The Morgan fingerprint density at radius 3 is 1.18 bits per heavy atom. The van der Waals surface area contributed by atoms with E-state index in [1.807, 2.05) is 66.7 Å². The summed E-state index contributed by atoms with van der Waals surface area (Å²) < 4.78 is 2.36. The fourth-order valence-corrected chi connectivity index (χ4v) is 13.3. The van der Waals surface area contributed by atoms with E-state index >= 15 is 0 Å². The van der Waals surface area contributed by atoms with Crippen molar-refractivity contribution in [2.45, 2.75) is 0 Å². The Morgan fingerprint density at radius 2 is 0.648 bits per heavy atom. The van der Waals surface area contributed by atoms with Gasteiger partial charge in [0, 0.05) is 78.3 Å². The summed E-state index contributed by atoms with van der Waals surface area (Å²) in [6.07, 6.45) is 0. The van der Waals surface area contributed by atoms with E-state index in [-0.39, 0.29) is 6.71 Å². The van der Waals surface area contributed by atoms with Crippen LogP contribution < -0.4 is 26.2 Å². The third kappa shape index (κ3) is 8.58. The first-order valence-electron chi connectivity index (χ1n) is 29.8. The highest BCUT2D eigenvalue weighted by molar-refractivity contribution is 7.00. The van der Waals surface area contributed by atoms with Gasteiger partial charge in [0.1, 0.15) is 0 Å². The molecule has 17 rings (SSSR count). The van der Waals surface area contributed by atoms with Crippen LogP contribution in [0.25, 0.3) is 107 Å². The monoisotopic (exact) mass is 1120 g/mol. The summed E-state index contributed by atoms with van der Waals surface area (Å²) in [6.45, 7) is 0.0175. The Labute approximate surface area is 509 Å². The van der Waals surface area contributed by atoms with Gasteiger partial charge in [-0.25, -0.2) is 24.9 Å². The Balaban J connectivity index is 0.859. The first kappa shape index (κ1) is 50.7. The van der Waals surface area contributed by atoms with Crippen molar-refractivity contribution in [2.75, 3.05) is 9.80 Å². The number of aromatic nitrogens is 6. The van der Waals surface area contributed by atoms with Crippen LogP contribution in [0.2, 0.25) is 0 Å². The molecule has 9 heteroatoms. The molecule has 5 heterocycles. The molecule has 0 unspecified atom stereocenters. The van der Waals surface area contributed by atoms with E-state index in [0.29, 0.717) is 23.3 Å². The molecule has 410 valence electrons. The minimum absolute atomic E-state index is 0.0175. The van der Waals surface area contributed by atoms with Crippen LogP contribution in [0.3, 0.4) is 0 Å².